The summed E-state index contributed by atoms with van der Waals surface area (Å²) in [6.45, 7) is 8.83. The fourth-order valence-corrected chi connectivity index (χ4v) is 7.33. The van der Waals surface area contributed by atoms with Gasteiger partial charge in [-0.1, -0.05) is 44.5 Å². The first kappa shape index (κ1) is 24.7. The van der Waals surface area contributed by atoms with Crippen molar-refractivity contribution in [1.82, 2.24) is 14.8 Å². The third kappa shape index (κ3) is 5.29. The summed E-state index contributed by atoms with van der Waals surface area (Å²) in [5.74, 6) is 1.53. The zero-order valence-corrected chi connectivity index (χ0v) is 22.0. The summed E-state index contributed by atoms with van der Waals surface area (Å²) in [7, 11) is 0. The Bertz CT molecular complexity index is 1220. The largest absolute Gasteiger partial charge is 0.316 e. The van der Waals surface area contributed by atoms with Gasteiger partial charge in [-0.2, -0.15) is 5.26 Å². The van der Waals surface area contributed by atoms with Crippen molar-refractivity contribution in [2.45, 2.75) is 64.1 Å². The van der Waals surface area contributed by atoms with E-state index in [0.29, 0.717) is 28.2 Å². The summed E-state index contributed by atoms with van der Waals surface area (Å²) in [5.41, 5.74) is 2.83. The average Bonchev–Trinajstić information content (AvgIpc) is 3.54. The summed E-state index contributed by atoms with van der Waals surface area (Å²) < 4.78 is 2.00. The minimum atomic E-state index is -0.136. The number of hydrogen-bond donors (Lipinski definition) is 1. The third-order valence-electron chi connectivity index (χ3n) is 6.08. The number of nitrogens with one attached hydrogen (secondary N) is 1. The van der Waals surface area contributed by atoms with E-state index < -0.39 is 0 Å². The van der Waals surface area contributed by atoms with Crippen LogP contribution in [0.25, 0.3) is 11.4 Å². The minimum absolute atomic E-state index is 0.136. The SMILES string of the molecule is C=CCn1c(SCC(=O)Nc2sc3c(c2C#N)CCC(CC)C3)nnc1-c1csc(CCC)c1. The zero-order valence-electron chi connectivity index (χ0n) is 19.6. The number of rotatable bonds is 10. The highest BCUT2D eigenvalue weighted by molar-refractivity contribution is 7.99. The number of thiophene rings is 2. The van der Waals surface area contributed by atoms with Crippen molar-refractivity contribution < 1.29 is 4.79 Å². The van der Waals surface area contributed by atoms with Crippen LogP contribution in [0.1, 0.15) is 54.0 Å². The fraction of sp³-hybridized carbons (Fsp3) is 0.440. The Morgan fingerprint density at radius 3 is 3.03 bits per heavy atom. The van der Waals surface area contributed by atoms with Gasteiger partial charge < -0.3 is 5.32 Å². The van der Waals surface area contributed by atoms with Crippen molar-refractivity contribution in [3.63, 3.8) is 0 Å². The van der Waals surface area contributed by atoms with Crippen molar-refractivity contribution in [1.29, 1.82) is 5.26 Å². The number of nitrogens with zero attached hydrogens (tertiary/aromatic N) is 4. The van der Waals surface area contributed by atoms with Gasteiger partial charge in [-0.05, 0) is 43.2 Å². The first-order chi connectivity index (χ1) is 16.6. The molecular weight excluding hydrogens is 483 g/mol. The lowest BCUT2D eigenvalue weighted by Crippen LogP contribution is -2.15. The molecule has 1 amide bonds. The van der Waals surface area contributed by atoms with Gasteiger partial charge in [0, 0.05) is 27.2 Å². The van der Waals surface area contributed by atoms with E-state index in [-0.39, 0.29) is 11.7 Å². The molecule has 9 heteroatoms. The third-order valence-corrected chi connectivity index (χ3v) is 9.21. The van der Waals surface area contributed by atoms with Crippen molar-refractivity contribution in [2.75, 3.05) is 11.1 Å². The highest BCUT2D eigenvalue weighted by Crippen LogP contribution is 2.40. The van der Waals surface area contributed by atoms with E-state index >= 15 is 0 Å². The number of allylic oxidation sites excluding steroid dienone is 1. The number of carbonyl (C=O) groups is 1. The number of thioether (sulfide) groups is 1. The smallest absolute Gasteiger partial charge is 0.235 e. The Morgan fingerprint density at radius 2 is 2.29 bits per heavy atom. The molecule has 1 aliphatic rings. The summed E-state index contributed by atoms with van der Waals surface area (Å²) in [5, 5.41) is 24.9. The van der Waals surface area contributed by atoms with E-state index in [9.17, 15) is 10.1 Å². The van der Waals surface area contributed by atoms with Crippen LogP contribution < -0.4 is 5.32 Å². The number of fused-ring (bicyclic) bond motifs is 1. The van der Waals surface area contributed by atoms with Crippen LogP contribution in [0, 0.1) is 17.2 Å². The van der Waals surface area contributed by atoms with E-state index in [1.54, 1.807) is 22.7 Å². The van der Waals surface area contributed by atoms with Gasteiger partial charge in [-0.25, -0.2) is 0 Å². The standard InChI is InChI=1S/C25H29N5OS3/c1-4-7-18-12-17(14-32-18)23-28-29-25(30(23)10-5-2)33-15-22(31)27-24-20(13-26)19-9-8-16(6-3)11-21(19)34-24/h5,12,14,16H,2,4,6-11,15H2,1,3H3,(H,27,31). The molecular formula is C25H29N5OS3. The van der Waals surface area contributed by atoms with Crippen LogP contribution in [0.5, 0.6) is 0 Å². The first-order valence-electron chi connectivity index (χ1n) is 11.7. The number of amides is 1. The normalized spacial score (nSPS) is 15.0. The molecule has 0 aliphatic heterocycles. The monoisotopic (exact) mass is 511 g/mol. The van der Waals surface area contributed by atoms with Crippen LogP contribution in [0.15, 0.2) is 29.3 Å². The highest BCUT2D eigenvalue weighted by atomic mass is 32.2. The lowest BCUT2D eigenvalue weighted by molar-refractivity contribution is -0.113. The van der Waals surface area contributed by atoms with Crippen LogP contribution in [-0.4, -0.2) is 26.4 Å². The molecule has 0 bridgehead atoms. The minimum Gasteiger partial charge on any atom is -0.316 e. The lowest BCUT2D eigenvalue weighted by atomic mass is 9.86. The number of aryl methyl sites for hydroxylation is 1. The van der Waals surface area contributed by atoms with Gasteiger partial charge in [0.25, 0.3) is 0 Å². The van der Waals surface area contributed by atoms with E-state index in [0.717, 1.165) is 55.5 Å². The first-order valence-corrected chi connectivity index (χ1v) is 14.3. The van der Waals surface area contributed by atoms with Gasteiger partial charge in [0.15, 0.2) is 11.0 Å². The summed E-state index contributed by atoms with van der Waals surface area (Å²) in [6.07, 6.45) is 8.17. The van der Waals surface area contributed by atoms with E-state index in [4.69, 9.17) is 0 Å². The molecule has 1 atom stereocenters. The number of anilines is 1. The number of aromatic nitrogens is 3. The van der Waals surface area contributed by atoms with Gasteiger partial charge in [0.1, 0.15) is 11.1 Å². The maximum Gasteiger partial charge on any atom is 0.235 e. The second-order valence-electron chi connectivity index (χ2n) is 8.43. The van der Waals surface area contributed by atoms with Crippen molar-refractivity contribution in [3.05, 3.63) is 45.0 Å². The Labute approximate surface area is 213 Å². The van der Waals surface area contributed by atoms with Crippen LogP contribution in [0.2, 0.25) is 0 Å². The Balaban J connectivity index is 1.45. The lowest BCUT2D eigenvalue weighted by Gasteiger charge is -2.20. The second-order valence-corrected chi connectivity index (χ2v) is 11.5. The maximum absolute atomic E-state index is 12.8. The van der Waals surface area contributed by atoms with Crippen LogP contribution in [-0.2, 0) is 30.6 Å². The molecule has 34 heavy (non-hydrogen) atoms. The molecule has 0 saturated heterocycles. The van der Waals surface area contributed by atoms with Gasteiger partial charge in [-0.15, -0.1) is 39.4 Å². The molecule has 178 valence electrons. The Hall–Kier alpha value is -2.41. The molecule has 0 fully saturated rings. The average molecular weight is 512 g/mol. The molecule has 0 spiro atoms. The van der Waals surface area contributed by atoms with Gasteiger partial charge in [-0.3, -0.25) is 9.36 Å². The summed E-state index contributed by atoms with van der Waals surface area (Å²) in [6, 6.07) is 4.50. The molecule has 0 saturated carbocycles. The number of carbonyl (C=O) groups excluding carboxylic acids is 1. The zero-order chi connectivity index (χ0) is 24.1. The van der Waals surface area contributed by atoms with Crippen LogP contribution in [0.4, 0.5) is 5.00 Å². The van der Waals surface area contributed by atoms with Crippen molar-refractivity contribution >= 4 is 45.3 Å². The Morgan fingerprint density at radius 1 is 1.44 bits per heavy atom. The molecule has 1 N–H and O–H groups in total. The number of nitriles is 1. The molecule has 4 rings (SSSR count). The van der Waals surface area contributed by atoms with E-state index in [2.05, 4.69) is 53.5 Å². The molecule has 0 radical (unpaired) electrons. The van der Waals surface area contributed by atoms with Crippen LogP contribution >= 0.6 is 34.4 Å². The molecule has 1 aliphatic carbocycles. The Kier molecular flexibility index (Phi) is 8.24. The molecule has 1 unspecified atom stereocenters. The highest BCUT2D eigenvalue weighted by Gasteiger charge is 2.26. The summed E-state index contributed by atoms with van der Waals surface area (Å²) >= 11 is 4.66. The maximum atomic E-state index is 12.8. The van der Waals surface area contributed by atoms with Crippen molar-refractivity contribution in [2.24, 2.45) is 5.92 Å². The van der Waals surface area contributed by atoms with Crippen LogP contribution in [0.3, 0.4) is 0 Å². The van der Waals surface area contributed by atoms with Gasteiger partial charge in [0.2, 0.25) is 5.91 Å². The second kappa shape index (κ2) is 11.3. The van der Waals surface area contributed by atoms with Gasteiger partial charge in [0.05, 0.1) is 11.3 Å². The predicted molar refractivity (Wildman–Crippen MR) is 142 cm³/mol. The number of hydrogen-bond acceptors (Lipinski definition) is 7. The molecule has 3 aromatic rings. The van der Waals surface area contributed by atoms with E-state index in [1.807, 2.05) is 10.6 Å². The molecule has 3 heterocycles. The molecule has 6 nitrogen and oxygen atoms in total. The predicted octanol–water partition coefficient (Wildman–Crippen LogP) is 6.32. The molecule has 3 aromatic heterocycles. The molecule has 0 aromatic carbocycles. The van der Waals surface area contributed by atoms with Crippen molar-refractivity contribution in [3.8, 4) is 17.5 Å². The van der Waals surface area contributed by atoms with Gasteiger partial charge >= 0.3 is 0 Å². The topological polar surface area (TPSA) is 83.6 Å². The summed E-state index contributed by atoms with van der Waals surface area (Å²) in [4.78, 5) is 15.4. The fourth-order valence-electron chi connectivity index (χ4n) is 4.28. The quantitative estimate of drug-likeness (QED) is 0.254. The van der Waals surface area contributed by atoms with E-state index in [1.165, 1.54) is 21.5 Å².